The minimum Gasteiger partial charge on any atom is -0.478 e. The van der Waals surface area contributed by atoms with Crippen molar-refractivity contribution in [3.63, 3.8) is 0 Å². The Morgan fingerprint density at radius 2 is 2.00 bits per heavy atom. The molecule has 1 aliphatic rings. The molecule has 0 unspecified atom stereocenters. The normalized spacial score (nSPS) is 23.5. The van der Waals surface area contributed by atoms with Crippen LogP contribution in [0.25, 0.3) is 0 Å². The van der Waals surface area contributed by atoms with E-state index in [-0.39, 0.29) is 0 Å². The van der Waals surface area contributed by atoms with E-state index >= 15 is 0 Å². The van der Waals surface area contributed by atoms with Gasteiger partial charge in [-0.3, -0.25) is 0 Å². The third-order valence-electron chi connectivity index (χ3n) is 3.98. The van der Waals surface area contributed by atoms with Crippen LogP contribution in [0.3, 0.4) is 0 Å². The first-order valence-electron chi connectivity index (χ1n) is 6.37. The highest BCUT2D eigenvalue weighted by Crippen LogP contribution is 2.42. The highest BCUT2D eigenvalue weighted by molar-refractivity contribution is 5.88. The maximum atomic E-state index is 11.0. The van der Waals surface area contributed by atoms with Crippen LogP contribution in [0.5, 0.6) is 0 Å². The molecule has 0 saturated carbocycles. The average Bonchev–Trinajstić information content (AvgIpc) is 2.28. The number of carboxylic acids is 1. The third-order valence-corrected chi connectivity index (χ3v) is 3.98. The summed E-state index contributed by atoms with van der Waals surface area (Å²) in [5.41, 5.74) is 3.03. The summed E-state index contributed by atoms with van der Waals surface area (Å²) in [5.74, 6) is 0.821. The monoisotopic (exact) mass is 232 g/mol. The van der Waals surface area contributed by atoms with Crippen molar-refractivity contribution in [2.24, 2.45) is 5.92 Å². The van der Waals surface area contributed by atoms with Gasteiger partial charge < -0.3 is 5.11 Å². The number of hydrogen-bond acceptors (Lipinski definition) is 1. The van der Waals surface area contributed by atoms with Crippen molar-refractivity contribution < 1.29 is 9.90 Å². The minimum absolute atomic E-state index is 0.420. The Balaban J connectivity index is 2.50. The molecule has 92 valence electrons. The summed E-state index contributed by atoms with van der Waals surface area (Å²) >= 11 is 0. The molecule has 2 heteroatoms. The molecule has 0 bridgehead atoms. The van der Waals surface area contributed by atoms with Gasteiger partial charge in [-0.1, -0.05) is 26.8 Å². The van der Waals surface area contributed by atoms with Gasteiger partial charge in [0.25, 0.3) is 0 Å². The Labute approximate surface area is 103 Å². The van der Waals surface area contributed by atoms with E-state index in [1.807, 2.05) is 12.1 Å². The van der Waals surface area contributed by atoms with Crippen LogP contribution in [-0.4, -0.2) is 11.1 Å². The van der Waals surface area contributed by atoms with E-state index in [2.05, 4.69) is 20.8 Å². The summed E-state index contributed by atoms with van der Waals surface area (Å²) < 4.78 is 0. The van der Waals surface area contributed by atoms with E-state index in [0.29, 0.717) is 23.3 Å². The Kier molecular flexibility index (Phi) is 3.23. The molecule has 0 fully saturated rings. The Morgan fingerprint density at radius 1 is 1.29 bits per heavy atom. The number of rotatable bonds is 2. The minimum atomic E-state index is -0.825. The lowest BCUT2D eigenvalue weighted by atomic mass is 9.72. The lowest BCUT2D eigenvalue weighted by molar-refractivity contribution is 0.0696. The van der Waals surface area contributed by atoms with E-state index in [4.69, 9.17) is 5.11 Å². The number of benzene rings is 1. The molecule has 0 spiro atoms. The van der Waals surface area contributed by atoms with Crippen molar-refractivity contribution in [1.82, 2.24) is 0 Å². The van der Waals surface area contributed by atoms with Gasteiger partial charge in [0.1, 0.15) is 0 Å². The predicted octanol–water partition coefficient (Wildman–Crippen LogP) is 4.02. The van der Waals surface area contributed by atoms with Crippen LogP contribution in [0.1, 0.15) is 66.9 Å². The molecule has 1 aromatic rings. The topological polar surface area (TPSA) is 37.3 Å². The first kappa shape index (κ1) is 12.2. The molecule has 2 atom stereocenters. The Hall–Kier alpha value is -1.31. The summed E-state index contributed by atoms with van der Waals surface area (Å²) in [7, 11) is 0. The SMILES string of the molecule is CC(C)[C@H]1CC[C@@H](C)c2ccc(C(=O)O)cc21. The number of carbonyl (C=O) groups is 1. The quantitative estimate of drug-likeness (QED) is 0.836. The molecular weight excluding hydrogens is 212 g/mol. The summed E-state index contributed by atoms with van der Waals surface area (Å²) in [5, 5.41) is 9.08. The van der Waals surface area contributed by atoms with Gasteiger partial charge >= 0.3 is 5.97 Å². The zero-order chi connectivity index (χ0) is 12.6. The maximum Gasteiger partial charge on any atom is 0.335 e. The van der Waals surface area contributed by atoms with E-state index in [0.717, 1.165) is 0 Å². The van der Waals surface area contributed by atoms with Crippen LogP contribution in [0, 0.1) is 5.92 Å². The van der Waals surface area contributed by atoms with Crippen LogP contribution >= 0.6 is 0 Å². The van der Waals surface area contributed by atoms with E-state index < -0.39 is 5.97 Å². The summed E-state index contributed by atoms with van der Waals surface area (Å²) in [4.78, 5) is 11.0. The van der Waals surface area contributed by atoms with Gasteiger partial charge in [-0.15, -0.1) is 0 Å². The standard InChI is InChI=1S/C15H20O2/c1-9(2)12-6-4-10(3)13-7-5-11(15(16)17)8-14(12)13/h5,7-10,12H,4,6H2,1-3H3,(H,16,17)/t10-,12-/m1/s1. The average molecular weight is 232 g/mol. The fourth-order valence-corrected chi connectivity index (χ4v) is 2.91. The second-order valence-corrected chi connectivity index (χ2v) is 5.48. The van der Waals surface area contributed by atoms with E-state index in [1.54, 1.807) is 6.07 Å². The highest BCUT2D eigenvalue weighted by atomic mass is 16.4. The second-order valence-electron chi connectivity index (χ2n) is 5.48. The number of carboxylic acid groups (broad SMARTS) is 1. The van der Waals surface area contributed by atoms with Crippen molar-refractivity contribution in [1.29, 1.82) is 0 Å². The van der Waals surface area contributed by atoms with Crippen molar-refractivity contribution in [3.05, 3.63) is 34.9 Å². The summed E-state index contributed by atoms with van der Waals surface area (Å²) in [6.07, 6.45) is 2.39. The molecular formula is C15H20O2. The molecule has 0 radical (unpaired) electrons. The summed E-state index contributed by atoms with van der Waals surface area (Å²) in [6.45, 7) is 6.67. The molecule has 1 aromatic carbocycles. The third kappa shape index (κ3) is 2.21. The predicted molar refractivity (Wildman–Crippen MR) is 68.6 cm³/mol. The van der Waals surface area contributed by atoms with Gasteiger partial charge in [-0.25, -0.2) is 4.79 Å². The molecule has 0 saturated heterocycles. The van der Waals surface area contributed by atoms with E-state index in [9.17, 15) is 4.79 Å². The molecule has 0 aliphatic heterocycles. The number of hydrogen-bond donors (Lipinski definition) is 1. The molecule has 0 aromatic heterocycles. The van der Waals surface area contributed by atoms with Crippen LogP contribution in [-0.2, 0) is 0 Å². The number of aromatic carboxylic acids is 1. The largest absolute Gasteiger partial charge is 0.478 e. The zero-order valence-electron chi connectivity index (χ0n) is 10.7. The van der Waals surface area contributed by atoms with Gasteiger partial charge in [0.05, 0.1) is 5.56 Å². The molecule has 17 heavy (non-hydrogen) atoms. The molecule has 2 rings (SSSR count). The van der Waals surface area contributed by atoms with Crippen molar-refractivity contribution in [2.75, 3.05) is 0 Å². The second kappa shape index (κ2) is 4.52. The molecule has 1 N–H and O–H groups in total. The lowest BCUT2D eigenvalue weighted by Crippen LogP contribution is -2.17. The first-order chi connectivity index (χ1) is 8.00. The fourth-order valence-electron chi connectivity index (χ4n) is 2.91. The van der Waals surface area contributed by atoms with Gasteiger partial charge in [-0.2, -0.15) is 0 Å². The van der Waals surface area contributed by atoms with Crippen molar-refractivity contribution >= 4 is 5.97 Å². The number of fused-ring (bicyclic) bond motifs is 1. The Bertz CT molecular complexity index is 435. The van der Waals surface area contributed by atoms with Crippen LogP contribution < -0.4 is 0 Å². The first-order valence-corrected chi connectivity index (χ1v) is 6.37. The molecule has 0 amide bonds. The highest BCUT2D eigenvalue weighted by Gasteiger charge is 2.27. The van der Waals surface area contributed by atoms with Gasteiger partial charge in [0.2, 0.25) is 0 Å². The molecule has 2 nitrogen and oxygen atoms in total. The van der Waals surface area contributed by atoms with Gasteiger partial charge in [0.15, 0.2) is 0 Å². The van der Waals surface area contributed by atoms with Crippen LogP contribution in [0.2, 0.25) is 0 Å². The van der Waals surface area contributed by atoms with Gasteiger partial charge in [-0.05, 0) is 53.9 Å². The van der Waals surface area contributed by atoms with Crippen LogP contribution in [0.4, 0.5) is 0 Å². The molecule has 0 heterocycles. The Morgan fingerprint density at radius 3 is 2.59 bits per heavy atom. The van der Waals surface area contributed by atoms with Gasteiger partial charge in [0, 0.05) is 0 Å². The van der Waals surface area contributed by atoms with E-state index in [1.165, 1.54) is 24.0 Å². The van der Waals surface area contributed by atoms with Crippen LogP contribution in [0.15, 0.2) is 18.2 Å². The lowest BCUT2D eigenvalue weighted by Gasteiger charge is -2.32. The van der Waals surface area contributed by atoms with Crippen molar-refractivity contribution in [2.45, 2.75) is 45.4 Å². The van der Waals surface area contributed by atoms with Crippen molar-refractivity contribution in [3.8, 4) is 0 Å². The summed E-state index contributed by atoms with van der Waals surface area (Å²) in [6, 6.07) is 5.64. The zero-order valence-corrected chi connectivity index (χ0v) is 10.7. The maximum absolute atomic E-state index is 11.0. The fraction of sp³-hybridized carbons (Fsp3) is 0.533. The molecule has 1 aliphatic carbocycles. The smallest absolute Gasteiger partial charge is 0.335 e.